The standard InChI is InChI=1S/C12H11ClFN3O/c13-9-4-5-16-12(17-9)10(15)11(18)7-2-1-3-8(14)6-7/h1-6,10-11,18H,15H2. The molecule has 0 saturated carbocycles. The van der Waals surface area contributed by atoms with E-state index < -0.39 is 18.0 Å². The maximum atomic E-state index is 13.1. The normalized spacial score (nSPS) is 14.2. The van der Waals surface area contributed by atoms with E-state index in [1.807, 2.05) is 0 Å². The van der Waals surface area contributed by atoms with Gasteiger partial charge in [-0.1, -0.05) is 23.7 Å². The summed E-state index contributed by atoms with van der Waals surface area (Å²) >= 11 is 5.72. The second-order valence-electron chi connectivity index (χ2n) is 3.76. The van der Waals surface area contributed by atoms with Crippen LogP contribution in [0.1, 0.15) is 23.5 Å². The van der Waals surface area contributed by atoms with Crippen LogP contribution in [0.3, 0.4) is 0 Å². The minimum absolute atomic E-state index is 0.208. The van der Waals surface area contributed by atoms with Gasteiger partial charge in [0, 0.05) is 6.20 Å². The molecule has 94 valence electrons. The van der Waals surface area contributed by atoms with Crippen molar-refractivity contribution in [3.8, 4) is 0 Å². The third kappa shape index (κ3) is 2.81. The zero-order chi connectivity index (χ0) is 13.1. The number of hydrogen-bond donors (Lipinski definition) is 2. The Bertz CT molecular complexity index is 503. The summed E-state index contributed by atoms with van der Waals surface area (Å²) in [7, 11) is 0. The van der Waals surface area contributed by atoms with Gasteiger partial charge in [-0.3, -0.25) is 0 Å². The lowest BCUT2D eigenvalue weighted by molar-refractivity contribution is 0.143. The number of halogens is 2. The van der Waals surface area contributed by atoms with Gasteiger partial charge >= 0.3 is 0 Å². The van der Waals surface area contributed by atoms with Crippen molar-refractivity contribution in [2.45, 2.75) is 12.1 Å². The minimum Gasteiger partial charge on any atom is -0.386 e. The van der Waals surface area contributed by atoms with E-state index in [1.165, 1.54) is 30.5 Å². The Morgan fingerprint density at radius 2 is 2.11 bits per heavy atom. The summed E-state index contributed by atoms with van der Waals surface area (Å²) in [4.78, 5) is 7.85. The van der Waals surface area contributed by atoms with Gasteiger partial charge in [0.05, 0.1) is 6.04 Å². The number of aromatic nitrogens is 2. The van der Waals surface area contributed by atoms with Crippen molar-refractivity contribution in [3.05, 3.63) is 58.9 Å². The SMILES string of the molecule is NC(c1nccc(Cl)n1)C(O)c1cccc(F)c1. The summed E-state index contributed by atoms with van der Waals surface area (Å²) in [6.07, 6.45) is 0.349. The molecule has 0 amide bonds. The van der Waals surface area contributed by atoms with Crippen LogP contribution < -0.4 is 5.73 Å². The Kier molecular flexibility index (Phi) is 3.86. The molecule has 0 bridgehead atoms. The van der Waals surface area contributed by atoms with Gasteiger partial charge in [-0.2, -0.15) is 0 Å². The molecule has 0 aliphatic carbocycles. The molecule has 0 aliphatic rings. The topological polar surface area (TPSA) is 72.0 Å². The highest BCUT2D eigenvalue weighted by atomic mass is 35.5. The minimum atomic E-state index is -1.10. The lowest BCUT2D eigenvalue weighted by Gasteiger charge is -2.17. The second kappa shape index (κ2) is 5.39. The van der Waals surface area contributed by atoms with Gasteiger partial charge in [-0.25, -0.2) is 14.4 Å². The van der Waals surface area contributed by atoms with Gasteiger partial charge in [0.2, 0.25) is 0 Å². The van der Waals surface area contributed by atoms with Crippen LogP contribution >= 0.6 is 11.6 Å². The van der Waals surface area contributed by atoms with E-state index in [4.69, 9.17) is 17.3 Å². The van der Waals surface area contributed by atoms with Crippen molar-refractivity contribution in [1.29, 1.82) is 0 Å². The Hall–Kier alpha value is -1.56. The second-order valence-corrected chi connectivity index (χ2v) is 4.15. The van der Waals surface area contributed by atoms with Gasteiger partial charge in [0.25, 0.3) is 0 Å². The third-order valence-corrected chi connectivity index (χ3v) is 2.68. The van der Waals surface area contributed by atoms with Crippen molar-refractivity contribution in [1.82, 2.24) is 9.97 Å². The largest absolute Gasteiger partial charge is 0.386 e. The first-order valence-electron chi connectivity index (χ1n) is 5.25. The van der Waals surface area contributed by atoms with E-state index in [2.05, 4.69) is 9.97 Å². The summed E-state index contributed by atoms with van der Waals surface area (Å²) in [6, 6.07) is 6.22. The predicted octanol–water partition coefficient (Wildman–Crippen LogP) is 2.00. The van der Waals surface area contributed by atoms with E-state index in [0.29, 0.717) is 5.56 Å². The van der Waals surface area contributed by atoms with Gasteiger partial charge in [-0.15, -0.1) is 0 Å². The van der Waals surface area contributed by atoms with Crippen molar-refractivity contribution >= 4 is 11.6 Å². The molecule has 1 heterocycles. The molecule has 1 aromatic heterocycles. The molecule has 2 rings (SSSR count). The summed E-state index contributed by atoms with van der Waals surface area (Å²) in [5.74, 6) is -0.231. The lowest BCUT2D eigenvalue weighted by Crippen LogP contribution is -2.22. The Balaban J connectivity index is 2.26. The molecule has 0 saturated heterocycles. The fourth-order valence-corrected chi connectivity index (χ4v) is 1.69. The van der Waals surface area contributed by atoms with E-state index in [-0.39, 0.29) is 11.0 Å². The average molecular weight is 268 g/mol. The molecule has 0 fully saturated rings. The molecule has 0 aliphatic heterocycles. The van der Waals surface area contributed by atoms with Crippen LogP contribution in [0.5, 0.6) is 0 Å². The van der Waals surface area contributed by atoms with Crippen LogP contribution in [0.25, 0.3) is 0 Å². The van der Waals surface area contributed by atoms with E-state index in [9.17, 15) is 9.50 Å². The Labute approximate surface area is 108 Å². The molecule has 1 aromatic carbocycles. The summed E-state index contributed by atoms with van der Waals surface area (Å²) < 4.78 is 13.1. The van der Waals surface area contributed by atoms with E-state index in [0.717, 1.165) is 0 Å². The van der Waals surface area contributed by atoms with Gasteiger partial charge < -0.3 is 10.8 Å². The summed E-state index contributed by atoms with van der Waals surface area (Å²) in [5.41, 5.74) is 6.20. The molecule has 2 atom stereocenters. The molecule has 6 heteroatoms. The highest BCUT2D eigenvalue weighted by Crippen LogP contribution is 2.25. The van der Waals surface area contributed by atoms with Gasteiger partial charge in [0.15, 0.2) is 0 Å². The number of rotatable bonds is 3. The molecular formula is C12H11ClFN3O. The number of nitrogens with two attached hydrogens (primary N) is 1. The molecule has 18 heavy (non-hydrogen) atoms. The quantitative estimate of drug-likeness (QED) is 0.835. The van der Waals surface area contributed by atoms with E-state index in [1.54, 1.807) is 6.07 Å². The fourth-order valence-electron chi connectivity index (χ4n) is 1.55. The van der Waals surface area contributed by atoms with Crippen molar-refractivity contribution in [3.63, 3.8) is 0 Å². The average Bonchev–Trinajstić information content (AvgIpc) is 2.37. The first-order valence-corrected chi connectivity index (χ1v) is 5.63. The molecule has 4 nitrogen and oxygen atoms in total. The highest BCUT2D eigenvalue weighted by Gasteiger charge is 2.21. The molecule has 2 unspecified atom stereocenters. The molecular weight excluding hydrogens is 257 g/mol. The number of benzene rings is 1. The monoisotopic (exact) mass is 267 g/mol. The Morgan fingerprint density at radius 3 is 2.78 bits per heavy atom. The lowest BCUT2D eigenvalue weighted by atomic mass is 10.0. The van der Waals surface area contributed by atoms with Gasteiger partial charge in [0.1, 0.15) is 22.9 Å². The number of aliphatic hydroxyl groups excluding tert-OH is 1. The zero-order valence-electron chi connectivity index (χ0n) is 9.29. The highest BCUT2D eigenvalue weighted by molar-refractivity contribution is 6.29. The smallest absolute Gasteiger partial charge is 0.149 e. The first kappa shape index (κ1) is 12.9. The molecule has 2 aromatic rings. The van der Waals surface area contributed by atoms with Crippen LogP contribution in [-0.4, -0.2) is 15.1 Å². The third-order valence-electron chi connectivity index (χ3n) is 2.47. The van der Waals surface area contributed by atoms with Crippen molar-refractivity contribution in [2.75, 3.05) is 0 Å². The molecule has 0 radical (unpaired) electrons. The van der Waals surface area contributed by atoms with Gasteiger partial charge in [-0.05, 0) is 23.8 Å². The van der Waals surface area contributed by atoms with Crippen LogP contribution in [0.4, 0.5) is 4.39 Å². The zero-order valence-corrected chi connectivity index (χ0v) is 10.0. The Morgan fingerprint density at radius 1 is 1.33 bits per heavy atom. The van der Waals surface area contributed by atoms with Crippen LogP contribution in [0.2, 0.25) is 5.15 Å². The molecule has 3 N–H and O–H groups in total. The fraction of sp³-hybridized carbons (Fsp3) is 0.167. The predicted molar refractivity (Wildman–Crippen MR) is 65.3 cm³/mol. The number of aliphatic hydroxyl groups is 1. The number of hydrogen-bond acceptors (Lipinski definition) is 4. The first-order chi connectivity index (χ1) is 8.58. The molecule has 0 spiro atoms. The number of nitrogens with zero attached hydrogens (tertiary/aromatic N) is 2. The van der Waals surface area contributed by atoms with Crippen molar-refractivity contribution < 1.29 is 9.50 Å². The van der Waals surface area contributed by atoms with Crippen molar-refractivity contribution in [2.24, 2.45) is 5.73 Å². The summed E-state index contributed by atoms with van der Waals surface area (Å²) in [6.45, 7) is 0. The maximum Gasteiger partial charge on any atom is 0.149 e. The van der Waals surface area contributed by atoms with E-state index >= 15 is 0 Å². The van der Waals surface area contributed by atoms with Crippen LogP contribution in [-0.2, 0) is 0 Å². The van der Waals surface area contributed by atoms with Crippen LogP contribution in [0, 0.1) is 5.82 Å². The maximum absolute atomic E-state index is 13.1. The summed E-state index contributed by atoms with van der Waals surface area (Å²) in [5, 5.41) is 10.3. The van der Waals surface area contributed by atoms with Crippen LogP contribution in [0.15, 0.2) is 36.5 Å².